The Morgan fingerprint density at radius 2 is 2.40 bits per heavy atom. The van der Waals surface area contributed by atoms with Crippen molar-refractivity contribution in [2.45, 2.75) is 25.3 Å². The van der Waals surface area contributed by atoms with E-state index in [4.69, 9.17) is 10.8 Å². The molecule has 0 bridgehead atoms. The molecule has 0 saturated heterocycles. The summed E-state index contributed by atoms with van der Waals surface area (Å²) in [4.78, 5) is 10.9. The van der Waals surface area contributed by atoms with E-state index in [9.17, 15) is 4.79 Å². The number of rotatable bonds is 7. The molecule has 4 N–H and O–H groups in total. The molecule has 1 aromatic heterocycles. The average molecular weight is 228 g/mol. The second-order valence-corrected chi connectivity index (χ2v) is 4.24. The van der Waals surface area contributed by atoms with Crippen molar-refractivity contribution in [3.63, 3.8) is 0 Å². The van der Waals surface area contributed by atoms with Crippen molar-refractivity contribution in [1.29, 1.82) is 0 Å². The van der Waals surface area contributed by atoms with Gasteiger partial charge in [0.15, 0.2) is 0 Å². The highest BCUT2D eigenvalue weighted by atomic mass is 32.1. The first kappa shape index (κ1) is 12.0. The summed E-state index contributed by atoms with van der Waals surface area (Å²) >= 11 is 1.51. The van der Waals surface area contributed by atoms with Gasteiger partial charge < -0.3 is 16.2 Å². The summed E-state index contributed by atoms with van der Waals surface area (Å²) in [6.07, 6.45) is 2.33. The van der Waals surface area contributed by atoms with Gasteiger partial charge in [0.1, 0.15) is 6.04 Å². The number of hydrogen-bond donors (Lipinski definition) is 3. The van der Waals surface area contributed by atoms with Crippen molar-refractivity contribution in [3.05, 3.63) is 17.5 Å². The summed E-state index contributed by atoms with van der Waals surface area (Å²) in [6.45, 7) is 0.616. The van der Waals surface area contributed by atoms with Crippen LogP contribution in [0.1, 0.15) is 19.3 Å². The third-order valence-corrected chi connectivity index (χ3v) is 2.88. The van der Waals surface area contributed by atoms with Gasteiger partial charge in [-0.2, -0.15) is 0 Å². The van der Waals surface area contributed by atoms with Crippen LogP contribution in [0.3, 0.4) is 0 Å². The Bertz CT molecular complexity index is 288. The van der Waals surface area contributed by atoms with Gasteiger partial charge in [-0.15, -0.1) is 11.3 Å². The smallest absolute Gasteiger partial charge is 0.326 e. The van der Waals surface area contributed by atoms with Crippen LogP contribution in [0, 0.1) is 0 Å². The molecule has 0 aliphatic heterocycles. The number of nitrogens with one attached hydrogen (secondary N) is 1. The third kappa shape index (κ3) is 4.31. The lowest BCUT2D eigenvalue weighted by atomic mass is 10.1. The molecule has 0 aliphatic rings. The fourth-order valence-electron chi connectivity index (χ4n) is 1.28. The van der Waals surface area contributed by atoms with E-state index in [1.807, 2.05) is 17.5 Å². The van der Waals surface area contributed by atoms with Crippen LogP contribution in [-0.4, -0.2) is 23.7 Å². The molecule has 0 amide bonds. The minimum atomic E-state index is -0.805. The van der Waals surface area contributed by atoms with Crippen LogP contribution in [0.4, 0.5) is 5.00 Å². The van der Waals surface area contributed by atoms with Crippen LogP contribution in [0.5, 0.6) is 0 Å². The molecule has 1 heterocycles. The highest BCUT2D eigenvalue weighted by Crippen LogP contribution is 2.17. The van der Waals surface area contributed by atoms with Crippen molar-refractivity contribution in [3.8, 4) is 0 Å². The van der Waals surface area contributed by atoms with Crippen molar-refractivity contribution < 1.29 is 9.90 Å². The van der Waals surface area contributed by atoms with Gasteiger partial charge in [0, 0.05) is 0 Å². The molecule has 4 nitrogen and oxygen atoms in total. The second-order valence-electron chi connectivity index (χ2n) is 3.30. The zero-order valence-corrected chi connectivity index (χ0v) is 9.30. The number of carboxylic acid groups (broad SMARTS) is 1. The average Bonchev–Trinajstić information content (AvgIpc) is 2.69. The van der Waals surface area contributed by atoms with Crippen molar-refractivity contribution in [2.24, 2.45) is 5.73 Å². The molecule has 1 aromatic rings. The summed E-state index contributed by atoms with van der Waals surface area (Å²) in [5, 5.41) is 14.8. The van der Waals surface area contributed by atoms with E-state index < -0.39 is 12.0 Å². The summed E-state index contributed by atoms with van der Waals surface area (Å²) in [5.41, 5.74) is 5.36. The van der Waals surface area contributed by atoms with Gasteiger partial charge in [0.25, 0.3) is 0 Å². The quantitative estimate of drug-likeness (QED) is 0.621. The first-order chi connectivity index (χ1) is 7.24. The molecule has 0 aliphatic carbocycles. The fraction of sp³-hybridized carbons (Fsp3) is 0.500. The number of carbonyl (C=O) groups is 1. The lowest BCUT2D eigenvalue weighted by Crippen LogP contribution is -2.28. The topological polar surface area (TPSA) is 75.3 Å². The van der Waals surface area contributed by atoms with Crippen LogP contribution in [-0.2, 0) is 4.79 Å². The van der Waals surface area contributed by atoms with Crippen LogP contribution < -0.4 is 11.1 Å². The third-order valence-electron chi connectivity index (χ3n) is 2.08. The normalized spacial score (nSPS) is 12.3. The molecule has 0 radical (unpaired) electrons. The van der Waals surface area contributed by atoms with Crippen LogP contribution in [0.2, 0.25) is 0 Å². The number of thiophene rings is 1. The minimum absolute atomic E-state index is 0.504. The largest absolute Gasteiger partial charge is 0.480 e. The molecule has 0 aromatic carbocycles. The molecule has 15 heavy (non-hydrogen) atoms. The maximum absolute atomic E-state index is 10.9. The Kier molecular flexibility index (Phi) is 5.14. The molecule has 1 rings (SSSR count). The number of aliphatic carboxylic acids is 1. The Hall–Kier alpha value is -1.07. The minimum Gasteiger partial charge on any atom is -0.480 e. The van der Waals surface area contributed by atoms with Crippen LogP contribution in [0.15, 0.2) is 17.5 Å². The molecule has 84 valence electrons. The summed E-state index contributed by atoms with van der Waals surface area (Å²) in [7, 11) is 0. The first-order valence-electron chi connectivity index (χ1n) is 4.97. The maximum Gasteiger partial charge on any atom is 0.326 e. The molecular weight excluding hydrogens is 212 g/mol. The molecule has 0 unspecified atom stereocenters. The first-order valence-corrected chi connectivity index (χ1v) is 5.85. The summed E-state index contributed by atoms with van der Waals surface area (Å²) < 4.78 is 0. The van der Waals surface area contributed by atoms with E-state index in [0.29, 0.717) is 13.0 Å². The standard InChI is InChI=1S/C10H16N2O2S/c11-6-2-1-4-8(10(13)14)12-9-5-3-7-15-9/h3,5,7-8,12H,1-2,4,6,11H2,(H,13,14)/t8-/m0/s1. The molecule has 5 heteroatoms. The lowest BCUT2D eigenvalue weighted by Gasteiger charge is -2.13. The predicted molar refractivity (Wildman–Crippen MR) is 62.3 cm³/mol. The lowest BCUT2D eigenvalue weighted by molar-refractivity contribution is -0.138. The number of anilines is 1. The molecule has 0 saturated carbocycles. The molecule has 0 fully saturated rings. The van der Waals surface area contributed by atoms with E-state index in [-0.39, 0.29) is 0 Å². The molecule has 0 spiro atoms. The summed E-state index contributed by atoms with van der Waals surface area (Å²) in [5.74, 6) is -0.805. The Morgan fingerprint density at radius 1 is 1.60 bits per heavy atom. The van der Waals surface area contributed by atoms with Crippen molar-refractivity contribution in [2.75, 3.05) is 11.9 Å². The van der Waals surface area contributed by atoms with E-state index in [1.165, 1.54) is 11.3 Å². The zero-order valence-electron chi connectivity index (χ0n) is 8.48. The Balaban J connectivity index is 2.40. The highest BCUT2D eigenvalue weighted by molar-refractivity contribution is 7.14. The second kappa shape index (κ2) is 6.42. The van der Waals surface area contributed by atoms with Gasteiger partial charge in [-0.3, -0.25) is 0 Å². The maximum atomic E-state index is 10.9. The number of unbranched alkanes of at least 4 members (excludes halogenated alkanes) is 1. The molecule has 1 atom stereocenters. The van der Waals surface area contributed by atoms with Gasteiger partial charge >= 0.3 is 5.97 Å². The van der Waals surface area contributed by atoms with E-state index >= 15 is 0 Å². The monoisotopic (exact) mass is 228 g/mol. The highest BCUT2D eigenvalue weighted by Gasteiger charge is 2.16. The van der Waals surface area contributed by atoms with Gasteiger partial charge in [0.2, 0.25) is 0 Å². The van der Waals surface area contributed by atoms with Crippen molar-refractivity contribution in [1.82, 2.24) is 0 Å². The Morgan fingerprint density at radius 3 is 2.93 bits per heavy atom. The van der Waals surface area contributed by atoms with Gasteiger partial charge in [0.05, 0.1) is 5.00 Å². The number of carboxylic acids is 1. The SMILES string of the molecule is NCCCC[C@H](Nc1cccs1)C(=O)O. The molecular formula is C10H16N2O2S. The predicted octanol–water partition coefficient (Wildman–Crippen LogP) is 1.74. The van der Waals surface area contributed by atoms with Gasteiger partial charge in [-0.1, -0.05) is 0 Å². The van der Waals surface area contributed by atoms with Gasteiger partial charge in [-0.25, -0.2) is 4.79 Å². The van der Waals surface area contributed by atoms with E-state index in [1.54, 1.807) is 0 Å². The number of hydrogen-bond acceptors (Lipinski definition) is 4. The fourth-order valence-corrected chi connectivity index (χ4v) is 1.95. The van der Waals surface area contributed by atoms with Crippen molar-refractivity contribution >= 4 is 22.3 Å². The number of nitrogens with two attached hydrogens (primary N) is 1. The van der Waals surface area contributed by atoms with Gasteiger partial charge in [-0.05, 0) is 43.3 Å². The summed E-state index contributed by atoms with van der Waals surface area (Å²) in [6, 6.07) is 3.27. The zero-order chi connectivity index (χ0) is 11.1. The van der Waals surface area contributed by atoms with E-state index in [2.05, 4.69) is 5.32 Å². The van der Waals surface area contributed by atoms with Crippen LogP contribution >= 0.6 is 11.3 Å². The van der Waals surface area contributed by atoms with Crippen LogP contribution in [0.25, 0.3) is 0 Å². The van der Waals surface area contributed by atoms with E-state index in [0.717, 1.165) is 17.8 Å². The Labute approximate surface area is 93.1 Å².